The Hall–Kier alpha value is -1.14. The topological polar surface area (TPSA) is 34.6 Å². The first-order valence-electron chi connectivity index (χ1n) is 8.06. The molecule has 0 unspecified atom stereocenters. The van der Waals surface area contributed by atoms with Crippen molar-refractivity contribution in [2.75, 3.05) is 18.0 Å². The van der Waals surface area contributed by atoms with Gasteiger partial charge in [-0.1, -0.05) is 0 Å². The first-order valence-corrected chi connectivity index (χ1v) is 8.06. The maximum absolute atomic E-state index is 14.5. The quantitative estimate of drug-likeness (QED) is 0.786. The first kappa shape index (κ1) is 15.7. The standard InChI is InChI=1S/C16H24BFN2O2/c1-15(2)16(3,4)22-17(21-15)12-11-19-14(10-13(12)18)20-8-6-5-7-9-20/h10-11H,5-9H2,1-4H3. The minimum absolute atomic E-state index is 0.311. The van der Waals surface area contributed by atoms with Crippen LogP contribution in [0.2, 0.25) is 0 Å². The molecule has 3 heterocycles. The second-order valence-corrected chi connectivity index (χ2v) is 7.20. The summed E-state index contributed by atoms with van der Waals surface area (Å²) in [6.45, 7) is 9.73. The molecule has 0 N–H and O–H groups in total. The normalized spacial score (nSPS) is 23.9. The molecule has 1 aromatic rings. The van der Waals surface area contributed by atoms with Crippen LogP contribution in [0.3, 0.4) is 0 Å². The summed E-state index contributed by atoms with van der Waals surface area (Å²) in [4.78, 5) is 6.57. The van der Waals surface area contributed by atoms with E-state index in [0.717, 1.165) is 25.9 Å². The Labute approximate surface area is 132 Å². The number of hydrogen-bond donors (Lipinski definition) is 0. The maximum atomic E-state index is 14.5. The van der Waals surface area contributed by atoms with Crippen LogP contribution in [0.25, 0.3) is 0 Å². The van der Waals surface area contributed by atoms with Crippen molar-refractivity contribution < 1.29 is 13.7 Å². The molecule has 0 spiro atoms. The lowest BCUT2D eigenvalue weighted by Gasteiger charge is -2.32. The Bertz CT molecular complexity index is 543. The number of rotatable bonds is 2. The van der Waals surface area contributed by atoms with Crippen molar-refractivity contribution in [3.05, 3.63) is 18.1 Å². The monoisotopic (exact) mass is 306 g/mol. The zero-order valence-corrected chi connectivity index (χ0v) is 13.9. The average molecular weight is 306 g/mol. The van der Waals surface area contributed by atoms with E-state index in [2.05, 4.69) is 9.88 Å². The van der Waals surface area contributed by atoms with Crippen LogP contribution in [-0.2, 0) is 9.31 Å². The molecule has 120 valence electrons. The number of pyridine rings is 1. The van der Waals surface area contributed by atoms with Crippen LogP contribution in [0.15, 0.2) is 12.3 Å². The lowest BCUT2D eigenvalue weighted by atomic mass is 9.80. The smallest absolute Gasteiger partial charge is 0.399 e. The molecule has 0 aliphatic carbocycles. The predicted molar refractivity (Wildman–Crippen MR) is 86.0 cm³/mol. The first-order chi connectivity index (χ1) is 10.3. The Balaban J connectivity index is 1.81. The van der Waals surface area contributed by atoms with E-state index < -0.39 is 18.3 Å². The SMILES string of the molecule is CC1(C)OB(c2cnc(N3CCCCC3)cc2F)OC1(C)C. The largest absolute Gasteiger partial charge is 0.499 e. The Kier molecular flexibility index (Phi) is 3.93. The van der Waals surface area contributed by atoms with Crippen molar-refractivity contribution in [1.82, 2.24) is 4.98 Å². The number of piperidine rings is 1. The van der Waals surface area contributed by atoms with Gasteiger partial charge in [-0.25, -0.2) is 9.37 Å². The van der Waals surface area contributed by atoms with Gasteiger partial charge in [0.15, 0.2) is 0 Å². The number of halogens is 1. The summed E-state index contributed by atoms with van der Waals surface area (Å²) in [6, 6.07) is 1.51. The van der Waals surface area contributed by atoms with Gasteiger partial charge in [0, 0.05) is 30.8 Å². The lowest BCUT2D eigenvalue weighted by molar-refractivity contribution is 0.00578. The highest BCUT2D eigenvalue weighted by atomic mass is 19.1. The molecular formula is C16H24BFN2O2. The van der Waals surface area contributed by atoms with Crippen LogP contribution in [0, 0.1) is 5.82 Å². The molecule has 3 rings (SSSR count). The molecule has 2 aliphatic heterocycles. The van der Waals surface area contributed by atoms with Crippen molar-refractivity contribution in [2.45, 2.75) is 58.2 Å². The molecule has 0 saturated carbocycles. The van der Waals surface area contributed by atoms with Gasteiger partial charge in [-0.05, 0) is 47.0 Å². The van der Waals surface area contributed by atoms with Crippen LogP contribution in [0.4, 0.5) is 10.2 Å². The number of hydrogen-bond acceptors (Lipinski definition) is 4. The molecule has 6 heteroatoms. The van der Waals surface area contributed by atoms with Gasteiger partial charge in [0.25, 0.3) is 0 Å². The Morgan fingerprint density at radius 2 is 1.68 bits per heavy atom. The van der Waals surface area contributed by atoms with Gasteiger partial charge in [0.1, 0.15) is 11.6 Å². The zero-order chi connectivity index (χ0) is 16.0. The minimum Gasteiger partial charge on any atom is -0.399 e. The van der Waals surface area contributed by atoms with E-state index in [9.17, 15) is 4.39 Å². The van der Waals surface area contributed by atoms with Crippen LogP contribution in [0.5, 0.6) is 0 Å². The highest BCUT2D eigenvalue weighted by Crippen LogP contribution is 2.36. The van der Waals surface area contributed by atoms with Gasteiger partial charge < -0.3 is 14.2 Å². The summed E-state index contributed by atoms with van der Waals surface area (Å²) in [5, 5.41) is 0. The third kappa shape index (κ3) is 2.74. The molecule has 2 fully saturated rings. The molecule has 0 atom stereocenters. The third-order valence-corrected chi connectivity index (χ3v) is 5.05. The molecule has 1 aromatic heterocycles. The molecule has 2 aliphatic rings. The van der Waals surface area contributed by atoms with Crippen molar-refractivity contribution in [2.24, 2.45) is 0 Å². The van der Waals surface area contributed by atoms with Crippen molar-refractivity contribution in [3.63, 3.8) is 0 Å². The fourth-order valence-electron chi connectivity index (χ4n) is 2.87. The van der Waals surface area contributed by atoms with E-state index >= 15 is 0 Å². The van der Waals surface area contributed by atoms with E-state index in [-0.39, 0.29) is 5.82 Å². The van der Waals surface area contributed by atoms with Crippen molar-refractivity contribution in [3.8, 4) is 0 Å². The summed E-state index contributed by atoms with van der Waals surface area (Å²) in [6.07, 6.45) is 5.08. The van der Waals surface area contributed by atoms with E-state index in [1.165, 1.54) is 12.5 Å². The molecule has 0 amide bonds. The highest BCUT2D eigenvalue weighted by molar-refractivity contribution is 6.62. The van der Waals surface area contributed by atoms with Crippen molar-refractivity contribution >= 4 is 18.4 Å². The minimum atomic E-state index is -0.701. The summed E-state index contributed by atoms with van der Waals surface area (Å²) >= 11 is 0. The molecule has 2 saturated heterocycles. The van der Waals surface area contributed by atoms with Gasteiger partial charge in [0.05, 0.1) is 11.2 Å². The maximum Gasteiger partial charge on any atom is 0.499 e. The van der Waals surface area contributed by atoms with Gasteiger partial charge in [-0.15, -0.1) is 0 Å². The van der Waals surface area contributed by atoms with E-state index in [4.69, 9.17) is 9.31 Å². The van der Waals surface area contributed by atoms with Crippen LogP contribution in [-0.4, -0.2) is 36.4 Å². The molecule has 4 nitrogen and oxygen atoms in total. The number of anilines is 1. The number of nitrogens with zero attached hydrogens (tertiary/aromatic N) is 2. The second kappa shape index (κ2) is 5.50. The highest BCUT2D eigenvalue weighted by Gasteiger charge is 2.52. The van der Waals surface area contributed by atoms with Crippen LogP contribution >= 0.6 is 0 Å². The van der Waals surface area contributed by atoms with E-state index in [1.54, 1.807) is 6.20 Å². The Morgan fingerprint density at radius 1 is 1.09 bits per heavy atom. The fraction of sp³-hybridized carbons (Fsp3) is 0.688. The zero-order valence-electron chi connectivity index (χ0n) is 13.9. The predicted octanol–water partition coefficient (Wildman–Crippen LogP) is 2.51. The summed E-state index contributed by atoms with van der Waals surface area (Å²) in [5.74, 6) is 0.395. The van der Waals surface area contributed by atoms with Crippen molar-refractivity contribution in [1.29, 1.82) is 0 Å². The second-order valence-electron chi connectivity index (χ2n) is 7.20. The van der Waals surface area contributed by atoms with Gasteiger partial charge in [-0.3, -0.25) is 0 Å². The molecule has 0 radical (unpaired) electrons. The summed E-state index contributed by atoms with van der Waals surface area (Å²) < 4.78 is 26.3. The fourth-order valence-corrected chi connectivity index (χ4v) is 2.87. The Morgan fingerprint density at radius 3 is 2.23 bits per heavy atom. The molecular weight excluding hydrogens is 282 g/mol. The van der Waals surface area contributed by atoms with Gasteiger partial charge in [-0.2, -0.15) is 0 Å². The third-order valence-electron chi connectivity index (χ3n) is 5.05. The molecule has 22 heavy (non-hydrogen) atoms. The van der Waals surface area contributed by atoms with E-state index in [0.29, 0.717) is 11.3 Å². The van der Waals surface area contributed by atoms with Crippen LogP contribution < -0.4 is 10.4 Å². The van der Waals surface area contributed by atoms with Gasteiger partial charge >= 0.3 is 7.12 Å². The average Bonchev–Trinajstić information content (AvgIpc) is 2.68. The lowest BCUT2D eigenvalue weighted by Crippen LogP contribution is -2.41. The molecule has 0 aromatic carbocycles. The van der Waals surface area contributed by atoms with Gasteiger partial charge in [0.2, 0.25) is 0 Å². The van der Waals surface area contributed by atoms with E-state index in [1.807, 2.05) is 27.7 Å². The number of aromatic nitrogens is 1. The summed E-state index contributed by atoms with van der Waals surface area (Å²) in [7, 11) is -0.701. The summed E-state index contributed by atoms with van der Waals surface area (Å²) in [5.41, 5.74) is -0.579. The molecule has 0 bridgehead atoms. The van der Waals surface area contributed by atoms with Crippen LogP contribution in [0.1, 0.15) is 47.0 Å².